The summed E-state index contributed by atoms with van der Waals surface area (Å²) < 4.78 is 11.0. The third-order valence-corrected chi connectivity index (χ3v) is 4.19. The zero-order chi connectivity index (χ0) is 20.1. The molecule has 0 fully saturated rings. The Morgan fingerprint density at radius 2 is 1.96 bits per heavy atom. The van der Waals surface area contributed by atoms with Gasteiger partial charge in [0.2, 0.25) is 0 Å². The lowest BCUT2D eigenvalue weighted by atomic mass is 9.94. The van der Waals surface area contributed by atoms with Gasteiger partial charge in [0.05, 0.1) is 20.3 Å². The normalized spacial score (nSPS) is 12.8. The number of methoxy groups -OCH3 is 1. The number of aliphatic hydroxyl groups is 1. The SMILES string of the molecule is CCNC(=NCc1ccc(OC)c(OCC)c1)NCC(CCO)CC(C)C. The standard InChI is InChI=1S/C21H37N3O3/c1-6-22-21(24-15-18(10-11-25)12-16(3)4)23-14-17-8-9-19(26-5)20(13-17)27-7-2/h8-9,13,16,18,25H,6-7,10-12,14-15H2,1-5H3,(H2,22,23,24). The van der Waals surface area contributed by atoms with Crippen molar-refractivity contribution >= 4 is 5.96 Å². The Kier molecular flexibility index (Phi) is 11.3. The number of hydrogen-bond donors (Lipinski definition) is 3. The van der Waals surface area contributed by atoms with Crippen molar-refractivity contribution in [2.45, 2.75) is 47.1 Å². The molecule has 1 aromatic rings. The number of nitrogens with one attached hydrogen (secondary N) is 2. The molecule has 0 radical (unpaired) electrons. The Labute approximate surface area is 164 Å². The van der Waals surface area contributed by atoms with Crippen LogP contribution in [0.5, 0.6) is 11.5 Å². The van der Waals surface area contributed by atoms with E-state index in [1.54, 1.807) is 7.11 Å². The second-order valence-electron chi connectivity index (χ2n) is 7.00. The first kappa shape index (κ1) is 23.1. The molecular weight excluding hydrogens is 342 g/mol. The maximum atomic E-state index is 9.29. The predicted molar refractivity (Wildman–Crippen MR) is 112 cm³/mol. The number of hydrogen-bond acceptors (Lipinski definition) is 4. The average molecular weight is 380 g/mol. The van der Waals surface area contributed by atoms with E-state index in [1.165, 1.54) is 0 Å². The third kappa shape index (κ3) is 9.00. The van der Waals surface area contributed by atoms with E-state index in [1.807, 2.05) is 25.1 Å². The zero-order valence-electron chi connectivity index (χ0n) is 17.5. The monoisotopic (exact) mass is 379 g/mol. The number of aliphatic imine (C=N–C) groups is 1. The second kappa shape index (κ2) is 13.3. The number of benzene rings is 1. The molecule has 0 spiro atoms. The molecule has 3 N–H and O–H groups in total. The van der Waals surface area contributed by atoms with Crippen LogP contribution in [0.25, 0.3) is 0 Å². The summed E-state index contributed by atoms with van der Waals surface area (Å²) in [7, 11) is 1.64. The van der Waals surface area contributed by atoms with Gasteiger partial charge in [-0.3, -0.25) is 0 Å². The highest BCUT2D eigenvalue weighted by atomic mass is 16.5. The summed E-state index contributed by atoms with van der Waals surface area (Å²) in [4.78, 5) is 4.69. The van der Waals surface area contributed by atoms with E-state index in [4.69, 9.17) is 9.47 Å². The van der Waals surface area contributed by atoms with Gasteiger partial charge in [-0.05, 0) is 56.2 Å². The van der Waals surface area contributed by atoms with E-state index in [-0.39, 0.29) is 6.61 Å². The lowest BCUT2D eigenvalue weighted by molar-refractivity contribution is 0.243. The highest BCUT2D eigenvalue weighted by molar-refractivity contribution is 5.79. The van der Waals surface area contributed by atoms with E-state index < -0.39 is 0 Å². The van der Waals surface area contributed by atoms with Gasteiger partial charge in [0.1, 0.15) is 0 Å². The van der Waals surface area contributed by atoms with Crippen LogP contribution in [0, 0.1) is 11.8 Å². The molecule has 0 saturated heterocycles. The van der Waals surface area contributed by atoms with Crippen LogP contribution in [0.1, 0.15) is 46.1 Å². The van der Waals surface area contributed by atoms with Gasteiger partial charge in [-0.15, -0.1) is 0 Å². The lowest BCUT2D eigenvalue weighted by Crippen LogP contribution is -2.40. The largest absolute Gasteiger partial charge is 0.493 e. The number of guanidine groups is 1. The van der Waals surface area contributed by atoms with Crippen LogP contribution in [0.15, 0.2) is 23.2 Å². The van der Waals surface area contributed by atoms with Crippen LogP contribution in [0.3, 0.4) is 0 Å². The van der Waals surface area contributed by atoms with Crippen molar-refractivity contribution in [2.24, 2.45) is 16.8 Å². The van der Waals surface area contributed by atoms with Crippen molar-refractivity contribution in [1.29, 1.82) is 0 Å². The van der Waals surface area contributed by atoms with Gasteiger partial charge in [0.15, 0.2) is 17.5 Å². The maximum Gasteiger partial charge on any atom is 0.191 e. The van der Waals surface area contributed by atoms with E-state index in [9.17, 15) is 5.11 Å². The second-order valence-corrected chi connectivity index (χ2v) is 7.00. The molecule has 1 aromatic carbocycles. The maximum absolute atomic E-state index is 9.29. The lowest BCUT2D eigenvalue weighted by Gasteiger charge is -2.20. The van der Waals surface area contributed by atoms with Crippen molar-refractivity contribution in [2.75, 3.05) is 33.4 Å². The van der Waals surface area contributed by atoms with Gasteiger partial charge in [-0.25, -0.2) is 4.99 Å². The molecule has 27 heavy (non-hydrogen) atoms. The van der Waals surface area contributed by atoms with E-state index in [2.05, 4.69) is 36.4 Å². The number of nitrogens with zero attached hydrogens (tertiary/aromatic N) is 1. The van der Waals surface area contributed by atoms with Crippen molar-refractivity contribution in [3.63, 3.8) is 0 Å². The quantitative estimate of drug-likeness (QED) is 0.384. The molecule has 0 saturated carbocycles. The summed E-state index contributed by atoms with van der Waals surface area (Å²) in [5, 5.41) is 16.0. The first-order valence-electron chi connectivity index (χ1n) is 9.96. The minimum atomic E-state index is 0.221. The Bertz CT molecular complexity index is 562. The molecular formula is C21H37N3O3. The molecule has 6 heteroatoms. The van der Waals surface area contributed by atoms with Crippen LogP contribution in [-0.2, 0) is 6.54 Å². The van der Waals surface area contributed by atoms with Crippen molar-refractivity contribution in [3.8, 4) is 11.5 Å². The molecule has 1 atom stereocenters. The van der Waals surface area contributed by atoms with E-state index in [0.29, 0.717) is 25.0 Å². The number of rotatable bonds is 12. The minimum absolute atomic E-state index is 0.221. The zero-order valence-corrected chi connectivity index (χ0v) is 17.5. The first-order chi connectivity index (χ1) is 13.0. The van der Waals surface area contributed by atoms with Crippen LogP contribution >= 0.6 is 0 Å². The first-order valence-corrected chi connectivity index (χ1v) is 9.96. The van der Waals surface area contributed by atoms with Gasteiger partial charge in [0, 0.05) is 19.7 Å². The Morgan fingerprint density at radius 1 is 1.19 bits per heavy atom. The molecule has 0 bridgehead atoms. The molecule has 0 amide bonds. The molecule has 0 aliphatic carbocycles. The fourth-order valence-corrected chi connectivity index (χ4v) is 2.99. The van der Waals surface area contributed by atoms with Gasteiger partial charge in [0.25, 0.3) is 0 Å². The summed E-state index contributed by atoms with van der Waals surface area (Å²) in [5.74, 6) is 3.31. The van der Waals surface area contributed by atoms with Crippen molar-refractivity contribution in [3.05, 3.63) is 23.8 Å². The van der Waals surface area contributed by atoms with Crippen molar-refractivity contribution in [1.82, 2.24) is 10.6 Å². The summed E-state index contributed by atoms with van der Waals surface area (Å²) >= 11 is 0. The molecule has 0 aliphatic rings. The topological polar surface area (TPSA) is 75.1 Å². The van der Waals surface area contributed by atoms with Gasteiger partial charge < -0.3 is 25.2 Å². The summed E-state index contributed by atoms with van der Waals surface area (Å²) in [6, 6.07) is 5.89. The van der Waals surface area contributed by atoms with Crippen LogP contribution in [-0.4, -0.2) is 44.5 Å². The average Bonchev–Trinajstić information content (AvgIpc) is 2.64. The molecule has 1 rings (SSSR count). The number of aliphatic hydroxyl groups excluding tert-OH is 1. The van der Waals surface area contributed by atoms with Gasteiger partial charge >= 0.3 is 0 Å². The Balaban J connectivity index is 2.76. The fourth-order valence-electron chi connectivity index (χ4n) is 2.99. The number of ether oxygens (including phenoxy) is 2. The van der Waals surface area contributed by atoms with Crippen LogP contribution in [0.2, 0.25) is 0 Å². The van der Waals surface area contributed by atoms with Crippen LogP contribution < -0.4 is 20.1 Å². The Morgan fingerprint density at radius 3 is 2.56 bits per heavy atom. The molecule has 1 unspecified atom stereocenters. The van der Waals surface area contributed by atoms with E-state index >= 15 is 0 Å². The highest BCUT2D eigenvalue weighted by Gasteiger charge is 2.11. The summed E-state index contributed by atoms with van der Waals surface area (Å²) in [6.45, 7) is 11.4. The molecule has 6 nitrogen and oxygen atoms in total. The predicted octanol–water partition coefficient (Wildman–Crippen LogP) is 3.19. The minimum Gasteiger partial charge on any atom is -0.493 e. The smallest absolute Gasteiger partial charge is 0.191 e. The summed E-state index contributed by atoms with van der Waals surface area (Å²) in [5.41, 5.74) is 1.06. The molecule has 0 heterocycles. The van der Waals surface area contributed by atoms with Gasteiger partial charge in [-0.1, -0.05) is 19.9 Å². The third-order valence-electron chi connectivity index (χ3n) is 4.19. The molecule has 0 aliphatic heterocycles. The van der Waals surface area contributed by atoms with Gasteiger partial charge in [-0.2, -0.15) is 0 Å². The molecule has 0 aromatic heterocycles. The highest BCUT2D eigenvalue weighted by Crippen LogP contribution is 2.28. The van der Waals surface area contributed by atoms with Crippen molar-refractivity contribution < 1.29 is 14.6 Å². The Hall–Kier alpha value is -1.95. The summed E-state index contributed by atoms with van der Waals surface area (Å²) in [6.07, 6.45) is 1.89. The molecule has 154 valence electrons. The van der Waals surface area contributed by atoms with Crippen LogP contribution in [0.4, 0.5) is 0 Å². The fraction of sp³-hybridized carbons (Fsp3) is 0.667. The van der Waals surface area contributed by atoms with E-state index in [0.717, 1.165) is 49.0 Å².